The lowest BCUT2D eigenvalue weighted by Crippen LogP contribution is -2.64. The first-order chi connectivity index (χ1) is 57.5. The van der Waals surface area contributed by atoms with Crippen molar-refractivity contribution in [3.8, 4) is 11.1 Å². The number of fused-ring (bicyclic) bond motifs is 16. The summed E-state index contributed by atoms with van der Waals surface area (Å²) >= 11 is 7.55. The van der Waals surface area contributed by atoms with Gasteiger partial charge in [-0.25, -0.2) is 0 Å². The molecule has 3 aliphatic rings. The van der Waals surface area contributed by atoms with E-state index >= 15 is 0 Å². The minimum atomic E-state index is -1.02. The molecular weight excluding hydrogens is 1480 g/mol. The van der Waals surface area contributed by atoms with Crippen LogP contribution in [0, 0.1) is 0 Å². The van der Waals surface area contributed by atoms with Gasteiger partial charge in [-0.3, -0.25) is 0 Å². The summed E-state index contributed by atoms with van der Waals surface area (Å²) in [7, 11) is 0. The highest BCUT2D eigenvalue weighted by Gasteiger charge is 2.52. The quantitative estimate of drug-likeness (QED) is 0.0749. The molecule has 0 bridgehead atoms. The van der Waals surface area contributed by atoms with Crippen LogP contribution in [0.4, 0.5) is 56.9 Å². The van der Waals surface area contributed by atoms with Crippen LogP contribution >= 0.6 is 45.3 Å². The first-order valence-corrected chi connectivity index (χ1v) is 42.8. The number of rotatable bonds is 15. The maximum absolute atomic E-state index is 2.83. The zero-order valence-corrected chi connectivity index (χ0v) is 66.1. The standard InChI is InChI=1S/C107H69BN4S4/c1-6-31-70(32-7-1)73-65-96-102-97(66-73)112(107(91-54-29-52-88-84-47-21-25-59-101(84)116-106(88)91)64-30-55-90(107)89-53-28-51-87-83-46-20-24-58-100(83)115-105(87)89)95-68-79(111(76-40-12-4-13-41-76)77-42-14-5-15-43-77)61-63-93(95)108(102)92-62-60-78(110(74-36-8-2-9-37-74)75-38-10-3-11-39-75)67-94(92)109(96)69-72(80-48-27-50-86-82-45-19-23-57-99(82)114-104(80)86)34-17-16-33-71-35-26-49-85-81-44-18-22-56-98(81)113-103(71)85/h1-69H/b33-16+,34-17-,72-69-. The molecule has 2 aliphatic heterocycles. The van der Waals surface area contributed by atoms with Gasteiger partial charge in [-0.1, -0.05) is 297 Å². The molecule has 0 saturated carbocycles. The molecule has 0 saturated heterocycles. The summed E-state index contributed by atoms with van der Waals surface area (Å²) in [6.45, 7) is -0.298. The van der Waals surface area contributed by atoms with Gasteiger partial charge in [-0.15, -0.1) is 45.3 Å². The highest BCUT2D eigenvalue weighted by molar-refractivity contribution is 7.27. The zero-order chi connectivity index (χ0) is 76.4. The second kappa shape index (κ2) is 27.9. The lowest BCUT2D eigenvalue weighted by Gasteiger charge is -2.51. The minimum absolute atomic E-state index is 0.298. The van der Waals surface area contributed by atoms with Crippen molar-refractivity contribution in [2.24, 2.45) is 0 Å². The Labute approximate surface area is 688 Å². The Morgan fingerprint density at radius 2 is 0.784 bits per heavy atom. The highest BCUT2D eigenvalue weighted by Crippen LogP contribution is 2.59. The molecule has 0 radical (unpaired) electrons. The monoisotopic (exact) mass is 1550 g/mol. The van der Waals surface area contributed by atoms with Gasteiger partial charge < -0.3 is 19.6 Å². The number of hydrogen-bond acceptors (Lipinski definition) is 8. The number of hydrogen-bond donors (Lipinski definition) is 0. The molecule has 0 amide bonds. The third-order valence-corrected chi connectivity index (χ3v) is 28.6. The van der Waals surface area contributed by atoms with Crippen LogP contribution in [0.25, 0.3) is 109 Å². The van der Waals surface area contributed by atoms with Crippen molar-refractivity contribution in [3.05, 3.63) is 435 Å². The summed E-state index contributed by atoms with van der Waals surface area (Å²) in [6.07, 6.45) is 19.1. The lowest BCUT2D eigenvalue weighted by atomic mass is 9.33. The Kier molecular flexibility index (Phi) is 16.3. The largest absolute Gasteiger partial charge is 0.324 e. The van der Waals surface area contributed by atoms with Gasteiger partial charge >= 0.3 is 0 Å². The predicted molar refractivity (Wildman–Crippen MR) is 505 cm³/mol. The average Bonchev–Trinajstić information content (AvgIpc) is 0.695. The summed E-state index contributed by atoms with van der Waals surface area (Å²) in [4.78, 5) is 10.3. The van der Waals surface area contributed by atoms with E-state index in [2.05, 4.69) is 438 Å². The second-order valence-corrected chi connectivity index (χ2v) is 34.3. The summed E-state index contributed by atoms with van der Waals surface area (Å²) in [5.41, 5.74) is 22.6. The first-order valence-electron chi connectivity index (χ1n) is 39.5. The smallest absolute Gasteiger partial charge is 0.252 e. The Bertz CT molecular complexity index is 7420. The fraction of sp³-hybridized carbons (Fsp3) is 0.00935. The Balaban J connectivity index is 0.852. The summed E-state index contributed by atoms with van der Waals surface area (Å²) in [6, 6.07) is 138. The lowest BCUT2D eigenvalue weighted by molar-refractivity contribution is 0.718. The summed E-state index contributed by atoms with van der Waals surface area (Å²) in [5.74, 6) is 0. The van der Waals surface area contributed by atoms with Crippen LogP contribution in [-0.2, 0) is 5.54 Å². The van der Waals surface area contributed by atoms with Crippen LogP contribution in [0.3, 0.4) is 0 Å². The summed E-state index contributed by atoms with van der Waals surface area (Å²) in [5, 5.41) is 10.1. The molecule has 9 heteroatoms. The summed E-state index contributed by atoms with van der Waals surface area (Å²) < 4.78 is 10.1. The van der Waals surface area contributed by atoms with E-state index in [1.165, 1.54) is 119 Å². The molecule has 1 aliphatic carbocycles. The molecular formula is C107H69BN4S4. The van der Waals surface area contributed by atoms with Crippen LogP contribution in [0.15, 0.2) is 413 Å². The van der Waals surface area contributed by atoms with Crippen molar-refractivity contribution < 1.29 is 0 Å². The van der Waals surface area contributed by atoms with Crippen LogP contribution in [0.2, 0.25) is 0 Å². The van der Waals surface area contributed by atoms with Crippen molar-refractivity contribution in [1.82, 2.24) is 0 Å². The number of para-hydroxylation sites is 4. The topological polar surface area (TPSA) is 13.0 Å². The van der Waals surface area contributed by atoms with Crippen molar-refractivity contribution >= 4 is 223 Å². The molecule has 0 fully saturated rings. The van der Waals surface area contributed by atoms with E-state index in [1.807, 2.05) is 45.3 Å². The molecule has 116 heavy (non-hydrogen) atoms. The molecule has 20 aromatic rings. The minimum Gasteiger partial charge on any atom is -0.324 e. The van der Waals surface area contributed by atoms with Crippen LogP contribution < -0.4 is 36.0 Å². The molecule has 1 unspecified atom stereocenters. The Hall–Kier alpha value is -13.6. The van der Waals surface area contributed by atoms with Crippen molar-refractivity contribution in [2.45, 2.75) is 5.54 Å². The predicted octanol–water partition coefficient (Wildman–Crippen LogP) is 29.0. The third kappa shape index (κ3) is 11.0. The molecule has 6 heterocycles. The van der Waals surface area contributed by atoms with Crippen LogP contribution in [-0.4, -0.2) is 6.71 Å². The highest BCUT2D eigenvalue weighted by atomic mass is 32.1. The molecule has 23 rings (SSSR count). The van der Waals surface area contributed by atoms with E-state index in [4.69, 9.17) is 0 Å². The van der Waals surface area contributed by atoms with Crippen LogP contribution in [0.5, 0.6) is 0 Å². The Morgan fingerprint density at radius 3 is 1.37 bits per heavy atom. The second-order valence-electron chi connectivity index (χ2n) is 30.1. The molecule has 544 valence electrons. The van der Waals surface area contributed by atoms with Crippen molar-refractivity contribution in [1.29, 1.82) is 0 Å². The van der Waals surface area contributed by atoms with E-state index in [1.54, 1.807) is 0 Å². The van der Waals surface area contributed by atoms with E-state index < -0.39 is 5.54 Å². The normalized spacial score (nSPS) is 14.5. The van der Waals surface area contributed by atoms with Crippen molar-refractivity contribution in [2.75, 3.05) is 19.6 Å². The SMILES string of the molecule is C1=CC(c2cccc3c2sc2ccccc23)(N2c3cc(N(c4ccccc4)c4ccccc4)ccc3B3c4ccc(N(c5ccccc5)c5ccccc5)cc4N(/C=C(/C=C\C=C\c4cccc5c4sc4ccccc45)c4cccc5c4sc4ccccc45)c4cc(-c5ccccc5)cc2c43)C(c2cccc3c2sc2ccccc23)=C1. The molecule has 4 nitrogen and oxygen atoms in total. The number of allylic oxidation sites excluding steroid dienone is 6. The zero-order valence-electron chi connectivity index (χ0n) is 62.8. The third-order valence-electron chi connectivity index (χ3n) is 23.7. The average molecular weight is 1550 g/mol. The fourth-order valence-corrected chi connectivity index (χ4v) is 23.6. The van der Waals surface area contributed by atoms with Gasteiger partial charge in [0, 0.05) is 155 Å². The van der Waals surface area contributed by atoms with Crippen LogP contribution in [0.1, 0.15) is 22.3 Å². The number of benzene rings is 16. The fourth-order valence-electron chi connectivity index (χ4n) is 18.7. The van der Waals surface area contributed by atoms with Gasteiger partial charge in [0.25, 0.3) is 6.71 Å². The number of thiophene rings is 4. The van der Waals surface area contributed by atoms with E-state index in [0.29, 0.717) is 0 Å². The molecule has 1 atom stereocenters. The van der Waals surface area contributed by atoms with E-state index in [9.17, 15) is 0 Å². The Morgan fingerprint density at radius 1 is 0.336 bits per heavy atom. The molecule has 4 aromatic heterocycles. The molecule has 0 N–H and O–H groups in total. The van der Waals surface area contributed by atoms with Gasteiger partial charge in [-0.05, 0) is 165 Å². The first kappa shape index (κ1) is 68.0. The maximum Gasteiger partial charge on any atom is 0.252 e. The van der Waals surface area contributed by atoms with E-state index in [-0.39, 0.29) is 6.71 Å². The molecule has 16 aromatic carbocycles. The van der Waals surface area contributed by atoms with E-state index in [0.717, 1.165) is 79.1 Å². The maximum atomic E-state index is 2.83. The van der Waals surface area contributed by atoms with Gasteiger partial charge in [0.2, 0.25) is 0 Å². The van der Waals surface area contributed by atoms with Gasteiger partial charge in [0.15, 0.2) is 0 Å². The van der Waals surface area contributed by atoms with Gasteiger partial charge in [0.05, 0.1) is 0 Å². The number of nitrogens with zero attached hydrogens (tertiary/aromatic N) is 4. The van der Waals surface area contributed by atoms with Gasteiger partial charge in [0.1, 0.15) is 5.54 Å². The number of anilines is 10. The molecule has 0 spiro atoms. The van der Waals surface area contributed by atoms with Crippen molar-refractivity contribution in [3.63, 3.8) is 0 Å². The van der Waals surface area contributed by atoms with Gasteiger partial charge in [-0.2, -0.15) is 0 Å².